The highest BCUT2D eigenvalue weighted by molar-refractivity contribution is 5.94. The highest BCUT2D eigenvalue weighted by atomic mass is 16.3. The van der Waals surface area contributed by atoms with Crippen LogP contribution in [0.4, 0.5) is 0 Å². The Balaban J connectivity index is 2.85. The molecule has 0 radical (unpaired) electrons. The molecule has 0 aromatic rings. The average molecular weight is 236 g/mol. The number of hydrogen-bond acceptors (Lipinski definition) is 2. The van der Waals surface area contributed by atoms with Gasteiger partial charge >= 0.3 is 0 Å². The Morgan fingerprint density at radius 3 is 2.65 bits per heavy atom. The van der Waals surface area contributed by atoms with E-state index in [-0.39, 0.29) is 11.2 Å². The number of rotatable bonds is 0. The second-order valence-corrected chi connectivity index (χ2v) is 5.78. The van der Waals surface area contributed by atoms with E-state index in [0.717, 1.165) is 6.42 Å². The molecular weight excluding hydrogens is 212 g/mol. The van der Waals surface area contributed by atoms with E-state index in [4.69, 9.17) is 0 Å². The van der Waals surface area contributed by atoms with Gasteiger partial charge in [0.15, 0.2) is 5.78 Å². The van der Waals surface area contributed by atoms with Crippen LogP contribution in [0.2, 0.25) is 0 Å². The molecule has 0 fully saturated rings. The van der Waals surface area contributed by atoms with Crippen molar-refractivity contribution in [3.63, 3.8) is 0 Å². The summed E-state index contributed by atoms with van der Waals surface area (Å²) in [7, 11) is 0. The number of hydrogen-bond donors (Lipinski definition) is 1. The second-order valence-electron chi connectivity index (χ2n) is 5.78. The average Bonchev–Trinajstić information content (AvgIpc) is 2.29. The number of aliphatic hydroxyl groups is 1. The zero-order chi connectivity index (χ0) is 13.1. The first kappa shape index (κ1) is 14.2. The van der Waals surface area contributed by atoms with Crippen LogP contribution in [0.3, 0.4) is 0 Å². The normalized spacial score (nSPS) is 32.9. The third-order valence-corrected chi connectivity index (χ3v) is 3.65. The van der Waals surface area contributed by atoms with E-state index in [1.807, 2.05) is 13.8 Å². The predicted molar refractivity (Wildman–Crippen MR) is 70.7 cm³/mol. The van der Waals surface area contributed by atoms with Crippen molar-refractivity contribution in [2.24, 2.45) is 11.3 Å². The molecule has 0 spiro atoms. The summed E-state index contributed by atoms with van der Waals surface area (Å²) in [6, 6.07) is 0. The molecule has 1 aliphatic carbocycles. The molecule has 2 atom stereocenters. The number of allylic oxidation sites excluding steroid dienone is 2. The lowest BCUT2D eigenvalue weighted by Crippen LogP contribution is -2.27. The SMILES string of the molecule is C=C1CC[C@@H](O)C(C)(C)/C=C/[C@@H](C)CCC1=O. The molecule has 0 aromatic carbocycles. The molecule has 0 aromatic heterocycles. The van der Waals surface area contributed by atoms with Gasteiger partial charge in [-0.2, -0.15) is 0 Å². The van der Waals surface area contributed by atoms with Gasteiger partial charge in [0.1, 0.15) is 0 Å². The molecule has 0 bridgehead atoms. The number of Topliss-reactive ketones (excluding diaryl/α,β-unsaturated/α-hetero) is 1. The first-order valence-electron chi connectivity index (χ1n) is 6.41. The molecule has 0 amide bonds. The molecule has 2 heteroatoms. The van der Waals surface area contributed by atoms with Crippen molar-refractivity contribution in [3.05, 3.63) is 24.3 Å². The molecule has 1 rings (SSSR count). The standard InChI is InChI=1S/C15H24O2/c1-11-5-7-13(16)12(2)6-8-14(17)15(3,4)10-9-11/h9-11,14,17H,2,5-8H2,1,3-4H3/b10-9+/t11-,14+/m0/s1. The zero-order valence-electron chi connectivity index (χ0n) is 11.2. The van der Waals surface area contributed by atoms with Crippen LogP contribution in [0.25, 0.3) is 0 Å². The van der Waals surface area contributed by atoms with E-state index in [9.17, 15) is 9.90 Å². The maximum absolute atomic E-state index is 11.8. The van der Waals surface area contributed by atoms with Gasteiger partial charge in [0.05, 0.1) is 6.10 Å². The van der Waals surface area contributed by atoms with Gasteiger partial charge in [-0.05, 0) is 30.8 Å². The molecule has 1 N–H and O–H groups in total. The number of aliphatic hydroxyl groups excluding tert-OH is 1. The van der Waals surface area contributed by atoms with Crippen LogP contribution in [0.15, 0.2) is 24.3 Å². The van der Waals surface area contributed by atoms with Gasteiger partial charge in [-0.15, -0.1) is 0 Å². The molecule has 17 heavy (non-hydrogen) atoms. The van der Waals surface area contributed by atoms with Crippen LogP contribution in [0.1, 0.15) is 46.5 Å². The molecule has 0 saturated carbocycles. The Labute approximate surface area is 104 Å². The van der Waals surface area contributed by atoms with Crippen molar-refractivity contribution in [2.45, 2.75) is 52.6 Å². The van der Waals surface area contributed by atoms with Crippen LogP contribution >= 0.6 is 0 Å². The van der Waals surface area contributed by atoms with Crippen molar-refractivity contribution in [3.8, 4) is 0 Å². The van der Waals surface area contributed by atoms with Gasteiger partial charge in [0, 0.05) is 11.8 Å². The first-order valence-corrected chi connectivity index (χ1v) is 6.41. The molecule has 96 valence electrons. The fraction of sp³-hybridized carbons (Fsp3) is 0.667. The Morgan fingerprint density at radius 1 is 1.35 bits per heavy atom. The maximum atomic E-state index is 11.8. The smallest absolute Gasteiger partial charge is 0.158 e. The van der Waals surface area contributed by atoms with E-state index in [1.54, 1.807) is 0 Å². The van der Waals surface area contributed by atoms with Gasteiger partial charge in [0.2, 0.25) is 0 Å². The van der Waals surface area contributed by atoms with Crippen molar-refractivity contribution in [2.75, 3.05) is 0 Å². The van der Waals surface area contributed by atoms with E-state index < -0.39 is 6.10 Å². The highest BCUT2D eigenvalue weighted by Gasteiger charge is 2.26. The molecule has 1 aliphatic rings. The van der Waals surface area contributed by atoms with Crippen molar-refractivity contribution in [1.29, 1.82) is 0 Å². The second kappa shape index (κ2) is 5.63. The molecule has 0 aliphatic heterocycles. The summed E-state index contributed by atoms with van der Waals surface area (Å²) in [5.74, 6) is 0.522. The quantitative estimate of drug-likeness (QED) is 0.518. The largest absolute Gasteiger partial charge is 0.392 e. The van der Waals surface area contributed by atoms with E-state index in [0.29, 0.717) is 30.8 Å². The number of carbonyl (C=O) groups excluding carboxylic acids is 1. The number of carbonyl (C=O) groups is 1. The summed E-state index contributed by atoms with van der Waals surface area (Å²) >= 11 is 0. The van der Waals surface area contributed by atoms with E-state index in [2.05, 4.69) is 25.7 Å². The summed E-state index contributed by atoms with van der Waals surface area (Å²) in [6.07, 6.45) is 6.42. The Kier molecular flexibility index (Phi) is 4.70. The van der Waals surface area contributed by atoms with Crippen LogP contribution in [0, 0.1) is 11.3 Å². The molecular formula is C15H24O2. The van der Waals surface area contributed by atoms with Crippen LogP contribution < -0.4 is 0 Å². The van der Waals surface area contributed by atoms with Gasteiger partial charge in [-0.3, -0.25) is 4.79 Å². The summed E-state index contributed by atoms with van der Waals surface area (Å²) in [4.78, 5) is 11.8. The summed E-state index contributed by atoms with van der Waals surface area (Å²) < 4.78 is 0. The third-order valence-electron chi connectivity index (χ3n) is 3.65. The fourth-order valence-electron chi connectivity index (χ4n) is 1.98. The topological polar surface area (TPSA) is 37.3 Å². The van der Waals surface area contributed by atoms with Gasteiger partial charge < -0.3 is 5.11 Å². The molecule has 2 nitrogen and oxygen atoms in total. The minimum absolute atomic E-state index is 0.150. The lowest BCUT2D eigenvalue weighted by molar-refractivity contribution is -0.115. The van der Waals surface area contributed by atoms with Crippen molar-refractivity contribution < 1.29 is 9.90 Å². The van der Waals surface area contributed by atoms with Gasteiger partial charge in [-0.25, -0.2) is 0 Å². The molecule has 0 heterocycles. The Bertz CT molecular complexity index is 326. The van der Waals surface area contributed by atoms with Crippen LogP contribution in [-0.2, 0) is 4.79 Å². The lowest BCUT2D eigenvalue weighted by atomic mass is 9.82. The van der Waals surface area contributed by atoms with Gasteiger partial charge in [0.25, 0.3) is 0 Å². The summed E-state index contributed by atoms with van der Waals surface area (Å²) in [5.41, 5.74) is 0.427. The third kappa shape index (κ3) is 4.12. The van der Waals surface area contributed by atoms with Crippen molar-refractivity contribution in [1.82, 2.24) is 0 Å². The fourth-order valence-corrected chi connectivity index (χ4v) is 1.98. The minimum Gasteiger partial charge on any atom is -0.392 e. The molecule has 0 unspecified atom stereocenters. The monoisotopic (exact) mass is 236 g/mol. The van der Waals surface area contributed by atoms with E-state index in [1.165, 1.54) is 0 Å². The predicted octanol–water partition coefficient (Wildman–Crippen LogP) is 3.27. The summed E-state index contributed by atoms with van der Waals surface area (Å²) in [6.45, 7) is 9.99. The van der Waals surface area contributed by atoms with Gasteiger partial charge in [-0.1, -0.05) is 39.5 Å². The highest BCUT2D eigenvalue weighted by Crippen LogP contribution is 2.29. The van der Waals surface area contributed by atoms with E-state index >= 15 is 0 Å². The number of ketones is 1. The van der Waals surface area contributed by atoms with Crippen LogP contribution in [-0.4, -0.2) is 17.0 Å². The Hall–Kier alpha value is -0.890. The zero-order valence-corrected chi connectivity index (χ0v) is 11.2. The van der Waals surface area contributed by atoms with Crippen molar-refractivity contribution >= 4 is 5.78 Å². The molecule has 0 saturated heterocycles. The first-order chi connectivity index (χ1) is 7.83. The Morgan fingerprint density at radius 2 is 2.00 bits per heavy atom. The summed E-state index contributed by atoms with van der Waals surface area (Å²) in [5, 5.41) is 10.1. The maximum Gasteiger partial charge on any atom is 0.158 e. The minimum atomic E-state index is -0.423. The van der Waals surface area contributed by atoms with Crippen LogP contribution in [0.5, 0.6) is 0 Å². The lowest BCUT2D eigenvalue weighted by Gasteiger charge is -2.27.